The van der Waals surface area contributed by atoms with Crippen molar-refractivity contribution in [3.05, 3.63) is 96.2 Å². The average Bonchev–Trinajstić information content (AvgIpc) is 2.97. The molecule has 0 radical (unpaired) electrons. The Bertz CT molecular complexity index is 1540. The highest BCUT2D eigenvalue weighted by Gasteiger charge is 2.25. The lowest BCUT2D eigenvalue weighted by atomic mass is 10.1. The number of carbonyl (C=O) groups is 2. The van der Waals surface area contributed by atoms with E-state index in [1.54, 1.807) is 70.6 Å². The van der Waals surface area contributed by atoms with Crippen LogP contribution in [0.25, 0.3) is 10.9 Å². The van der Waals surface area contributed by atoms with Crippen LogP contribution in [0.1, 0.15) is 15.9 Å². The number of nitrogens with one attached hydrogen (secondary N) is 2. The number of benzene rings is 3. The zero-order valence-electron chi connectivity index (χ0n) is 20.3. The minimum Gasteiger partial charge on any atom is -0.335 e. The molecule has 1 unspecified atom stereocenters. The zero-order valence-corrected chi connectivity index (χ0v) is 21.1. The molecule has 1 atom stereocenters. The summed E-state index contributed by atoms with van der Waals surface area (Å²) in [5.74, 6) is -0.122. The molecule has 10 heteroatoms. The van der Waals surface area contributed by atoms with Crippen LogP contribution in [0, 0.1) is 11.3 Å². The number of fused-ring (bicyclic) bond motifs is 1. The lowest BCUT2D eigenvalue weighted by molar-refractivity contribution is 0.0671. The number of pyridine rings is 1. The van der Waals surface area contributed by atoms with Gasteiger partial charge in [-0.3, -0.25) is 9.78 Å². The maximum Gasteiger partial charge on any atom is 0.321 e. The molecular formula is C28H24N6O3S. The van der Waals surface area contributed by atoms with Crippen LogP contribution >= 0.6 is 0 Å². The van der Waals surface area contributed by atoms with Crippen LogP contribution in [0.5, 0.6) is 0 Å². The van der Waals surface area contributed by atoms with E-state index in [9.17, 15) is 13.8 Å². The second kappa shape index (κ2) is 11.1. The summed E-state index contributed by atoms with van der Waals surface area (Å²) in [5, 5.41) is 12.6. The fourth-order valence-corrected chi connectivity index (χ4v) is 5.20. The van der Waals surface area contributed by atoms with Crippen molar-refractivity contribution >= 4 is 45.2 Å². The number of piperazine rings is 1. The van der Waals surface area contributed by atoms with Crippen molar-refractivity contribution in [3.8, 4) is 6.07 Å². The molecule has 3 aromatic carbocycles. The highest BCUT2D eigenvalue weighted by Crippen LogP contribution is 2.21. The molecule has 3 amide bonds. The van der Waals surface area contributed by atoms with E-state index in [0.29, 0.717) is 59.1 Å². The van der Waals surface area contributed by atoms with Crippen LogP contribution in [0.4, 0.5) is 16.2 Å². The van der Waals surface area contributed by atoms with Gasteiger partial charge in [0.25, 0.3) is 5.91 Å². The maximum absolute atomic E-state index is 13.0. The molecule has 1 saturated heterocycles. The smallest absolute Gasteiger partial charge is 0.321 e. The number of nitrogens with zero attached hydrogens (tertiary/aromatic N) is 4. The summed E-state index contributed by atoms with van der Waals surface area (Å²) in [6.07, 6.45) is 1.67. The highest BCUT2D eigenvalue weighted by molar-refractivity contribution is 7.86. The SMILES string of the molecule is N#Cc1ccc(NC(=O)N2CCN(C(=O)c3ccc(NS(=O)c4cccc5cccnc45)cc3)CC2)cc1. The molecule has 9 nitrogen and oxygen atoms in total. The predicted octanol–water partition coefficient (Wildman–Crippen LogP) is 4.23. The Morgan fingerprint density at radius 1 is 0.842 bits per heavy atom. The van der Waals surface area contributed by atoms with Gasteiger partial charge in [0.2, 0.25) is 0 Å². The molecule has 0 spiro atoms. The van der Waals surface area contributed by atoms with E-state index in [0.717, 1.165) is 5.39 Å². The van der Waals surface area contributed by atoms with E-state index in [1.807, 2.05) is 30.3 Å². The van der Waals surface area contributed by atoms with Gasteiger partial charge in [0, 0.05) is 54.7 Å². The standard InChI is InChI=1S/C28H24N6O3S/c29-19-20-6-10-23(11-7-20)31-28(36)34-17-15-33(16-18-34)27(35)22-8-12-24(13-9-22)32-38(37)25-5-1-3-21-4-2-14-30-26(21)25/h1-14,32H,15-18H2,(H,31,36). The van der Waals surface area contributed by atoms with Crippen molar-refractivity contribution in [2.45, 2.75) is 4.90 Å². The summed E-state index contributed by atoms with van der Waals surface area (Å²) in [5.41, 5.74) is 2.95. The molecule has 1 aliphatic heterocycles. The molecule has 0 saturated carbocycles. The number of aromatic nitrogens is 1. The van der Waals surface area contributed by atoms with Gasteiger partial charge >= 0.3 is 6.03 Å². The molecule has 38 heavy (non-hydrogen) atoms. The van der Waals surface area contributed by atoms with E-state index in [1.165, 1.54) is 0 Å². The van der Waals surface area contributed by atoms with Gasteiger partial charge in [-0.2, -0.15) is 5.26 Å². The average molecular weight is 525 g/mol. The van der Waals surface area contributed by atoms with Crippen LogP contribution in [-0.2, 0) is 11.0 Å². The van der Waals surface area contributed by atoms with E-state index >= 15 is 0 Å². The summed E-state index contributed by atoms with van der Waals surface area (Å²) < 4.78 is 15.9. The fraction of sp³-hybridized carbons (Fsp3) is 0.143. The van der Waals surface area contributed by atoms with Gasteiger partial charge in [-0.05, 0) is 60.7 Å². The molecule has 2 N–H and O–H groups in total. The van der Waals surface area contributed by atoms with Crippen LogP contribution in [0.3, 0.4) is 0 Å². The largest absolute Gasteiger partial charge is 0.335 e. The second-order valence-corrected chi connectivity index (χ2v) is 9.86. The number of para-hydroxylation sites is 1. The number of anilines is 2. The normalized spacial score (nSPS) is 14.0. The monoisotopic (exact) mass is 524 g/mol. The Morgan fingerprint density at radius 3 is 2.21 bits per heavy atom. The van der Waals surface area contributed by atoms with Crippen LogP contribution in [0.2, 0.25) is 0 Å². The van der Waals surface area contributed by atoms with Gasteiger partial charge < -0.3 is 19.8 Å². The molecule has 5 rings (SSSR count). The van der Waals surface area contributed by atoms with E-state index in [2.05, 4.69) is 15.0 Å². The van der Waals surface area contributed by atoms with Crippen molar-refractivity contribution in [3.63, 3.8) is 0 Å². The summed E-state index contributed by atoms with van der Waals surface area (Å²) in [4.78, 5) is 33.9. The van der Waals surface area contributed by atoms with Gasteiger partial charge in [0.05, 0.1) is 22.0 Å². The van der Waals surface area contributed by atoms with Crippen molar-refractivity contribution in [1.29, 1.82) is 5.26 Å². The van der Waals surface area contributed by atoms with E-state index in [-0.39, 0.29) is 11.9 Å². The van der Waals surface area contributed by atoms with Gasteiger partial charge in [-0.15, -0.1) is 0 Å². The minimum atomic E-state index is -1.52. The Balaban J connectivity index is 1.15. The number of urea groups is 1. The first-order chi connectivity index (χ1) is 18.5. The third-order valence-corrected chi connectivity index (χ3v) is 7.41. The Kier molecular flexibility index (Phi) is 7.28. The van der Waals surface area contributed by atoms with Gasteiger partial charge in [0.1, 0.15) is 0 Å². The van der Waals surface area contributed by atoms with Gasteiger partial charge in [-0.25, -0.2) is 9.00 Å². The molecule has 4 aromatic rings. The number of rotatable bonds is 5. The highest BCUT2D eigenvalue weighted by atomic mass is 32.2. The molecule has 0 aliphatic carbocycles. The van der Waals surface area contributed by atoms with Crippen LogP contribution < -0.4 is 10.0 Å². The summed E-state index contributed by atoms with van der Waals surface area (Å²) in [6.45, 7) is 1.65. The third-order valence-electron chi connectivity index (χ3n) is 6.26. The minimum absolute atomic E-state index is 0.122. The predicted molar refractivity (Wildman–Crippen MR) is 146 cm³/mol. The lowest BCUT2D eigenvalue weighted by Gasteiger charge is -2.34. The van der Waals surface area contributed by atoms with Crippen molar-refractivity contribution in [2.75, 3.05) is 36.2 Å². The first-order valence-corrected chi connectivity index (χ1v) is 13.1. The number of nitriles is 1. The van der Waals surface area contributed by atoms with Crippen LogP contribution in [0.15, 0.2) is 90.0 Å². The second-order valence-electron chi connectivity index (χ2n) is 8.68. The van der Waals surface area contributed by atoms with E-state index < -0.39 is 11.0 Å². The Hall–Kier alpha value is -4.75. The Morgan fingerprint density at radius 2 is 1.50 bits per heavy atom. The quantitative estimate of drug-likeness (QED) is 0.405. The number of amides is 3. The molecule has 0 bridgehead atoms. The zero-order chi connectivity index (χ0) is 26.5. The molecule has 1 aromatic heterocycles. The number of hydrogen-bond acceptors (Lipinski definition) is 5. The molecule has 1 fully saturated rings. The molecular weight excluding hydrogens is 500 g/mol. The van der Waals surface area contributed by atoms with Gasteiger partial charge in [-0.1, -0.05) is 18.2 Å². The summed E-state index contributed by atoms with van der Waals surface area (Å²) in [6, 6.07) is 24.6. The molecule has 1 aliphatic rings. The lowest BCUT2D eigenvalue weighted by Crippen LogP contribution is -2.51. The van der Waals surface area contributed by atoms with E-state index in [4.69, 9.17) is 5.26 Å². The van der Waals surface area contributed by atoms with Crippen LogP contribution in [-0.4, -0.2) is 57.1 Å². The fourth-order valence-electron chi connectivity index (χ4n) is 4.19. The van der Waals surface area contributed by atoms with Crippen molar-refractivity contribution < 1.29 is 13.8 Å². The number of hydrogen-bond donors (Lipinski definition) is 2. The van der Waals surface area contributed by atoms with Crippen molar-refractivity contribution in [2.24, 2.45) is 0 Å². The molecule has 2 heterocycles. The first kappa shape index (κ1) is 24.9. The summed E-state index contributed by atoms with van der Waals surface area (Å²) >= 11 is 0. The topological polar surface area (TPSA) is 118 Å². The first-order valence-electron chi connectivity index (χ1n) is 12.0. The maximum atomic E-state index is 13.0. The van der Waals surface area contributed by atoms with Crippen molar-refractivity contribution in [1.82, 2.24) is 14.8 Å². The van der Waals surface area contributed by atoms with Gasteiger partial charge in [0.15, 0.2) is 11.0 Å². The number of carbonyl (C=O) groups excluding carboxylic acids is 2. The Labute approximate surface area is 222 Å². The summed E-state index contributed by atoms with van der Waals surface area (Å²) in [7, 11) is -1.52. The third kappa shape index (κ3) is 5.48. The molecule has 190 valence electrons.